The van der Waals surface area contributed by atoms with Gasteiger partial charge in [0.05, 0.1) is 19.3 Å². The van der Waals surface area contributed by atoms with Crippen molar-refractivity contribution in [2.24, 2.45) is 0 Å². The van der Waals surface area contributed by atoms with E-state index in [1.807, 2.05) is 24.3 Å². The fourth-order valence-corrected chi connectivity index (χ4v) is 2.28. The Hall–Kier alpha value is -2.95. The predicted molar refractivity (Wildman–Crippen MR) is 86.0 cm³/mol. The van der Waals surface area contributed by atoms with Gasteiger partial charge in [-0.2, -0.15) is 5.10 Å². The zero-order valence-corrected chi connectivity index (χ0v) is 12.6. The number of ether oxygens (including phenoxy) is 1. The van der Waals surface area contributed by atoms with E-state index in [2.05, 4.69) is 5.10 Å². The molecular formula is C18H15FN2O2. The molecule has 0 spiro atoms. The third-order valence-corrected chi connectivity index (χ3v) is 3.51. The van der Waals surface area contributed by atoms with Crippen molar-refractivity contribution in [1.29, 1.82) is 0 Å². The summed E-state index contributed by atoms with van der Waals surface area (Å²) in [6, 6.07) is 16.7. The third kappa shape index (κ3) is 3.29. The van der Waals surface area contributed by atoms with Crippen LogP contribution in [0.2, 0.25) is 0 Å². The first-order valence-electron chi connectivity index (χ1n) is 7.13. The number of rotatable bonds is 4. The van der Waals surface area contributed by atoms with Gasteiger partial charge >= 0.3 is 0 Å². The van der Waals surface area contributed by atoms with Crippen molar-refractivity contribution in [3.63, 3.8) is 0 Å². The van der Waals surface area contributed by atoms with Crippen LogP contribution in [-0.2, 0) is 6.54 Å². The monoisotopic (exact) mass is 310 g/mol. The van der Waals surface area contributed by atoms with Crippen LogP contribution in [0.3, 0.4) is 0 Å². The molecule has 1 heterocycles. The zero-order valence-electron chi connectivity index (χ0n) is 12.6. The Morgan fingerprint density at radius 3 is 2.48 bits per heavy atom. The maximum Gasteiger partial charge on any atom is 0.267 e. The highest BCUT2D eigenvalue weighted by molar-refractivity contribution is 5.58. The Morgan fingerprint density at radius 1 is 1.04 bits per heavy atom. The van der Waals surface area contributed by atoms with Gasteiger partial charge in [-0.05, 0) is 35.9 Å². The summed E-state index contributed by atoms with van der Waals surface area (Å²) in [5, 5.41) is 4.27. The lowest BCUT2D eigenvalue weighted by Crippen LogP contribution is -2.22. The molecule has 0 aliphatic rings. The molecule has 0 unspecified atom stereocenters. The molecule has 0 fully saturated rings. The molecule has 0 aliphatic heterocycles. The van der Waals surface area contributed by atoms with Crippen molar-refractivity contribution < 1.29 is 9.13 Å². The minimum Gasteiger partial charge on any atom is -0.497 e. The number of hydrogen-bond donors (Lipinski definition) is 0. The summed E-state index contributed by atoms with van der Waals surface area (Å²) in [5.41, 5.74) is 1.47. The molecule has 5 heteroatoms. The second-order valence-electron chi connectivity index (χ2n) is 5.04. The molecule has 116 valence electrons. The van der Waals surface area contributed by atoms with Crippen LogP contribution >= 0.6 is 0 Å². The number of aromatic nitrogens is 2. The Bertz CT molecular complexity index is 873. The fraction of sp³-hybridized carbons (Fsp3) is 0.111. The number of nitrogens with zero attached hydrogens (tertiary/aromatic N) is 2. The normalized spacial score (nSPS) is 10.5. The van der Waals surface area contributed by atoms with Crippen molar-refractivity contribution in [2.45, 2.75) is 6.54 Å². The van der Waals surface area contributed by atoms with E-state index in [1.54, 1.807) is 25.3 Å². The van der Waals surface area contributed by atoms with Gasteiger partial charge in [0.2, 0.25) is 0 Å². The molecule has 0 saturated carbocycles. The van der Waals surface area contributed by atoms with Gasteiger partial charge in [0.25, 0.3) is 5.56 Å². The molecular weight excluding hydrogens is 295 g/mol. The van der Waals surface area contributed by atoms with Gasteiger partial charge in [0.1, 0.15) is 11.6 Å². The molecule has 0 aliphatic carbocycles. The molecule has 0 atom stereocenters. The smallest absolute Gasteiger partial charge is 0.267 e. The van der Waals surface area contributed by atoms with Crippen molar-refractivity contribution >= 4 is 0 Å². The van der Waals surface area contributed by atoms with Crippen LogP contribution in [0.25, 0.3) is 11.3 Å². The quantitative estimate of drug-likeness (QED) is 0.744. The molecule has 0 radical (unpaired) electrons. The molecule has 0 N–H and O–H groups in total. The Kier molecular flexibility index (Phi) is 4.19. The standard InChI is InChI=1S/C18H15FN2O2/c1-23-14-8-6-13(7-9-14)12-21-18(22)11-10-17(20-21)15-4-2-3-5-16(15)19/h2-11H,12H2,1H3. The fourth-order valence-electron chi connectivity index (χ4n) is 2.28. The maximum atomic E-state index is 13.9. The summed E-state index contributed by atoms with van der Waals surface area (Å²) in [4.78, 5) is 12.0. The molecule has 0 amide bonds. The lowest BCUT2D eigenvalue weighted by atomic mass is 10.1. The average Bonchev–Trinajstić information content (AvgIpc) is 2.58. The maximum absolute atomic E-state index is 13.9. The molecule has 3 aromatic rings. The second kappa shape index (κ2) is 6.44. The van der Waals surface area contributed by atoms with Crippen LogP contribution in [0.5, 0.6) is 5.75 Å². The summed E-state index contributed by atoms with van der Waals surface area (Å²) in [6.45, 7) is 0.311. The molecule has 3 rings (SSSR count). The summed E-state index contributed by atoms with van der Waals surface area (Å²) in [7, 11) is 1.60. The first-order valence-corrected chi connectivity index (χ1v) is 7.13. The number of methoxy groups -OCH3 is 1. The van der Waals surface area contributed by atoms with E-state index in [9.17, 15) is 9.18 Å². The van der Waals surface area contributed by atoms with Gasteiger partial charge < -0.3 is 4.74 Å². The Labute approximate surface area is 132 Å². The van der Waals surface area contributed by atoms with Gasteiger partial charge in [-0.1, -0.05) is 24.3 Å². The van der Waals surface area contributed by atoms with Gasteiger partial charge in [-0.3, -0.25) is 4.79 Å². The molecule has 2 aromatic carbocycles. The van der Waals surface area contributed by atoms with Crippen LogP contribution in [0.1, 0.15) is 5.56 Å². The third-order valence-electron chi connectivity index (χ3n) is 3.51. The van der Waals surface area contributed by atoms with Crippen LogP contribution in [0.15, 0.2) is 65.5 Å². The Balaban J connectivity index is 1.94. The predicted octanol–water partition coefficient (Wildman–Crippen LogP) is 3.11. The molecule has 1 aromatic heterocycles. The van der Waals surface area contributed by atoms with Crippen LogP contribution < -0.4 is 10.3 Å². The van der Waals surface area contributed by atoms with E-state index in [1.165, 1.54) is 22.9 Å². The van der Waals surface area contributed by atoms with E-state index < -0.39 is 0 Å². The SMILES string of the molecule is COc1ccc(Cn2nc(-c3ccccc3F)ccc2=O)cc1. The highest BCUT2D eigenvalue weighted by atomic mass is 19.1. The van der Waals surface area contributed by atoms with Crippen molar-refractivity contribution in [1.82, 2.24) is 9.78 Å². The van der Waals surface area contributed by atoms with E-state index in [0.29, 0.717) is 17.8 Å². The van der Waals surface area contributed by atoms with Crippen molar-refractivity contribution in [3.05, 3.63) is 82.4 Å². The van der Waals surface area contributed by atoms with Gasteiger partial charge in [0.15, 0.2) is 0 Å². The van der Waals surface area contributed by atoms with E-state index >= 15 is 0 Å². The topological polar surface area (TPSA) is 44.1 Å². The summed E-state index contributed by atoms with van der Waals surface area (Å²) < 4.78 is 20.3. The lowest BCUT2D eigenvalue weighted by Gasteiger charge is -2.08. The Morgan fingerprint density at radius 2 is 1.78 bits per heavy atom. The van der Waals surface area contributed by atoms with Gasteiger partial charge in [0, 0.05) is 11.6 Å². The minimum absolute atomic E-state index is 0.235. The molecule has 4 nitrogen and oxygen atoms in total. The number of hydrogen-bond acceptors (Lipinski definition) is 3. The number of benzene rings is 2. The minimum atomic E-state index is -0.366. The van der Waals surface area contributed by atoms with Gasteiger partial charge in [-0.15, -0.1) is 0 Å². The second-order valence-corrected chi connectivity index (χ2v) is 5.04. The molecule has 23 heavy (non-hydrogen) atoms. The first kappa shape index (κ1) is 15.0. The summed E-state index contributed by atoms with van der Waals surface area (Å²) in [6.07, 6.45) is 0. The molecule has 0 saturated heterocycles. The van der Waals surface area contributed by atoms with Gasteiger partial charge in [-0.25, -0.2) is 9.07 Å². The van der Waals surface area contributed by atoms with E-state index in [0.717, 1.165) is 11.3 Å². The summed E-state index contributed by atoms with van der Waals surface area (Å²) in [5.74, 6) is 0.379. The van der Waals surface area contributed by atoms with Crippen molar-refractivity contribution in [2.75, 3.05) is 7.11 Å². The van der Waals surface area contributed by atoms with Crippen LogP contribution in [-0.4, -0.2) is 16.9 Å². The first-order chi connectivity index (χ1) is 11.2. The van der Waals surface area contributed by atoms with E-state index in [-0.39, 0.29) is 11.4 Å². The van der Waals surface area contributed by atoms with Crippen LogP contribution in [0, 0.1) is 5.82 Å². The van der Waals surface area contributed by atoms with Crippen LogP contribution in [0.4, 0.5) is 4.39 Å². The average molecular weight is 310 g/mol. The largest absolute Gasteiger partial charge is 0.497 e. The van der Waals surface area contributed by atoms with E-state index in [4.69, 9.17) is 4.74 Å². The highest BCUT2D eigenvalue weighted by Gasteiger charge is 2.08. The highest BCUT2D eigenvalue weighted by Crippen LogP contribution is 2.19. The zero-order chi connectivity index (χ0) is 16.2. The van der Waals surface area contributed by atoms with Crippen molar-refractivity contribution in [3.8, 4) is 17.0 Å². The molecule has 0 bridgehead atoms. The number of halogens is 1. The summed E-state index contributed by atoms with van der Waals surface area (Å²) >= 11 is 0. The lowest BCUT2D eigenvalue weighted by molar-refractivity contribution is 0.414.